The summed E-state index contributed by atoms with van der Waals surface area (Å²) >= 11 is 5.94. The molecule has 1 aliphatic rings. The standard InChI is InChI=1S/C15H10ClN3O4/c16-12-3-2-10(19(22)23)7-11(12)15(21)17-9-1-4-13-8(5-9)6-14(20)18-13/h1-5,7H,6H2,(H,17,21)(H,18,20). The molecule has 1 heterocycles. The smallest absolute Gasteiger partial charge is 0.270 e. The van der Waals surface area contributed by atoms with Crippen LogP contribution in [0, 0.1) is 10.1 Å². The van der Waals surface area contributed by atoms with Gasteiger partial charge in [-0.25, -0.2) is 0 Å². The van der Waals surface area contributed by atoms with E-state index in [2.05, 4.69) is 10.6 Å². The molecule has 0 bridgehead atoms. The van der Waals surface area contributed by atoms with Crippen LogP contribution in [0.4, 0.5) is 17.1 Å². The molecule has 0 fully saturated rings. The number of non-ortho nitro benzene ring substituents is 1. The molecule has 2 amide bonds. The van der Waals surface area contributed by atoms with Crippen LogP contribution in [0.2, 0.25) is 5.02 Å². The van der Waals surface area contributed by atoms with Gasteiger partial charge in [0.25, 0.3) is 11.6 Å². The summed E-state index contributed by atoms with van der Waals surface area (Å²) in [5.41, 5.74) is 1.76. The molecule has 7 nitrogen and oxygen atoms in total. The van der Waals surface area contributed by atoms with E-state index in [1.165, 1.54) is 12.1 Å². The number of rotatable bonds is 3. The Morgan fingerprint density at radius 2 is 2.04 bits per heavy atom. The summed E-state index contributed by atoms with van der Waals surface area (Å²) in [6, 6.07) is 8.65. The van der Waals surface area contributed by atoms with Crippen LogP contribution < -0.4 is 10.6 Å². The Balaban J connectivity index is 1.85. The lowest BCUT2D eigenvalue weighted by molar-refractivity contribution is -0.384. The van der Waals surface area contributed by atoms with Gasteiger partial charge in [0.05, 0.1) is 21.9 Å². The summed E-state index contributed by atoms with van der Waals surface area (Å²) in [6.07, 6.45) is 0.247. The molecule has 0 aromatic heterocycles. The fourth-order valence-electron chi connectivity index (χ4n) is 2.31. The molecular weight excluding hydrogens is 322 g/mol. The number of nitro benzene ring substituents is 1. The van der Waals surface area contributed by atoms with Crippen LogP contribution in [0.3, 0.4) is 0 Å². The fraction of sp³-hybridized carbons (Fsp3) is 0.0667. The number of hydrogen-bond acceptors (Lipinski definition) is 4. The highest BCUT2D eigenvalue weighted by molar-refractivity contribution is 6.34. The van der Waals surface area contributed by atoms with Gasteiger partial charge in [-0.15, -0.1) is 0 Å². The van der Waals surface area contributed by atoms with Gasteiger partial charge in [0, 0.05) is 23.5 Å². The van der Waals surface area contributed by atoms with E-state index in [1.54, 1.807) is 18.2 Å². The van der Waals surface area contributed by atoms with E-state index in [4.69, 9.17) is 11.6 Å². The zero-order valence-electron chi connectivity index (χ0n) is 11.6. The second kappa shape index (κ2) is 5.69. The van der Waals surface area contributed by atoms with Crippen LogP contribution in [0.1, 0.15) is 15.9 Å². The number of carbonyl (C=O) groups excluding carboxylic acids is 2. The van der Waals surface area contributed by atoms with Gasteiger partial charge in [-0.05, 0) is 29.8 Å². The molecule has 2 aromatic carbocycles. The average Bonchev–Trinajstić information content (AvgIpc) is 2.86. The van der Waals surface area contributed by atoms with E-state index in [9.17, 15) is 19.7 Å². The summed E-state index contributed by atoms with van der Waals surface area (Å²) in [6.45, 7) is 0. The Morgan fingerprint density at radius 1 is 1.26 bits per heavy atom. The zero-order chi connectivity index (χ0) is 16.6. The van der Waals surface area contributed by atoms with Gasteiger partial charge in [-0.3, -0.25) is 19.7 Å². The Morgan fingerprint density at radius 3 is 2.78 bits per heavy atom. The molecule has 116 valence electrons. The van der Waals surface area contributed by atoms with Crippen LogP contribution in [-0.4, -0.2) is 16.7 Å². The molecule has 0 aliphatic carbocycles. The minimum absolute atomic E-state index is 0.00978. The van der Waals surface area contributed by atoms with Gasteiger partial charge < -0.3 is 10.6 Å². The van der Waals surface area contributed by atoms with Crippen LogP contribution >= 0.6 is 11.6 Å². The monoisotopic (exact) mass is 331 g/mol. The SMILES string of the molecule is O=C1Cc2cc(NC(=O)c3cc([N+](=O)[O-])ccc3Cl)ccc2N1. The molecule has 2 N–H and O–H groups in total. The molecular formula is C15H10ClN3O4. The predicted molar refractivity (Wildman–Crippen MR) is 84.8 cm³/mol. The van der Waals surface area contributed by atoms with Crippen molar-refractivity contribution in [3.8, 4) is 0 Å². The molecule has 0 radical (unpaired) electrons. The number of nitro groups is 1. The first-order valence-electron chi connectivity index (χ1n) is 6.62. The highest BCUT2D eigenvalue weighted by Gasteiger charge is 2.19. The van der Waals surface area contributed by atoms with Gasteiger partial charge in [0.2, 0.25) is 5.91 Å². The first kappa shape index (κ1) is 15.0. The van der Waals surface area contributed by atoms with Gasteiger partial charge in [0.15, 0.2) is 0 Å². The fourth-order valence-corrected chi connectivity index (χ4v) is 2.51. The maximum atomic E-state index is 12.3. The number of nitrogens with one attached hydrogen (secondary N) is 2. The molecule has 23 heavy (non-hydrogen) atoms. The maximum absolute atomic E-state index is 12.3. The first-order valence-corrected chi connectivity index (χ1v) is 7.00. The largest absolute Gasteiger partial charge is 0.326 e. The molecule has 2 aromatic rings. The van der Waals surface area contributed by atoms with E-state index in [1.807, 2.05) is 0 Å². The number of fused-ring (bicyclic) bond motifs is 1. The number of anilines is 2. The third-order valence-corrected chi connectivity index (χ3v) is 3.72. The Hall–Kier alpha value is -2.93. The number of amides is 2. The van der Waals surface area contributed by atoms with Crippen molar-refractivity contribution in [2.24, 2.45) is 0 Å². The molecule has 0 saturated carbocycles. The van der Waals surface area contributed by atoms with E-state index < -0.39 is 10.8 Å². The highest BCUT2D eigenvalue weighted by atomic mass is 35.5. The quantitative estimate of drug-likeness (QED) is 0.666. The van der Waals surface area contributed by atoms with Crippen LogP contribution in [0.25, 0.3) is 0 Å². The molecule has 0 spiro atoms. The summed E-state index contributed by atoms with van der Waals surface area (Å²) in [5, 5.41) is 16.2. The lowest BCUT2D eigenvalue weighted by atomic mass is 10.1. The topological polar surface area (TPSA) is 101 Å². The summed E-state index contributed by atoms with van der Waals surface area (Å²) < 4.78 is 0. The summed E-state index contributed by atoms with van der Waals surface area (Å²) in [4.78, 5) is 33.8. The van der Waals surface area contributed by atoms with E-state index >= 15 is 0 Å². The number of benzene rings is 2. The lowest BCUT2D eigenvalue weighted by Crippen LogP contribution is -2.13. The van der Waals surface area contributed by atoms with Crippen LogP contribution in [0.5, 0.6) is 0 Å². The van der Waals surface area contributed by atoms with Gasteiger partial charge in [-0.2, -0.15) is 0 Å². The normalized spacial score (nSPS) is 12.5. The van der Waals surface area contributed by atoms with Crippen LogP contribution in [-0.2, 0) is 11.2 Å². The van der Waals surface area contributed by atoms with Gasteiger partial charge in [0.1, 0.15) is 0 Å². The number of nitrogens with zero attached hydrogens (tertiary/aromatic N) is 1. The van der Waals surface area contributed by atoms with Gasteiger partial charge in [-0.1, -0.05) is 11.6 Å². The summed E-state index contributed by atoms with van der Waals surface area (Å²) in [7, 11) is 0. The molecule has 1 aliphatic heterocycles. The zero-order valence-corrected chi connectivity index (χ0v) is 12.4. The Kier molecular flexibility index (Phi) is 3.71. The second-order valence-corrected chi connectivity index (χ2v) is 5.38. The minimum atomic E-state index is -0.597. The van der Waals surface area contributed by atoms with Crippen molar-refractivity contribution < 1.29 is 14.5 Å². The first-order chi connectivity index (χ1) is 10.9. The van der Waals surface area contributed by atoms with Crippen molar-refractivity contribution in [1.29, 1.82) is 0 Å². The number of carbonyl (C=O) groups is 2. The molecule has 8 heteroatoms. The second-order valence-electron chi connectivity index (χ2n) is 4.97. The third-order valence-electron chi connectivity index (χ3n) is 3.39. The third kappa shape index (κ3) is 3.00. The molecule has 0 atom stereocenters. The maximum Gasteiger partial charge on any atom is 0.270 e. The van der Waals surface area contributed by atoms with Gasteiger partial charge >= 0.3 is 0 Å². The van der Waals surface area contributed by atoms with Crippen molar-refractivity contribution >= 4 is 40.5 Å². The molecule has 0 unspecified atom stereocenters. The van der Waals surface area contributed by atoms with Crippen LogP contribution in [0.15, 0.2) is 36.4 Å². The molecule has 3 rings (SSSR count). The van der Waals surface area contributed by atoms with Crippen molar-refractivity contribution in [1.82, 2.24) is 0 Å². The number of halogens is 1. The van der Waals surface area contributed by atoms with E-state index in [0.29, 0.717) is 11.4 Å². The lowest BCUT2D eigenvalue weighted by Gasteiger charge is -2.08. The summed E-state index contributed by atoms with van der Waals surface area (Å²) in [5.74, 6) is -0.666. The van der Waals surface area contributed by atoms with E-state index in [0.717, 1.165) is 11.6 Å². The highest BCUT2D eigenvalue weighted by Crippen LogP contribution is 2.27. The van der Waals surface area contributed by atoms with Crippen molar-refractivity contribution in [2.45, 2.75) is 6.42 Å². The Bertz CT molecular complexity index is 851. The van der Waals surface area contributed by atoms with E-state index in [-0.39, 0.29) is 28.6 Å². The van der Waals surface area contributed by atoms with Crippen molar-refractivity contribution in [2.75, 3.05) is 10.6 Å². The number of hydrogen-bond donors (Lipinski definition) is 2. The average molecular weight is 332 g/mol. The predicted octanol–water partition coefficient (Wildman–Crippen LogP) is 3.00. The van der Waals surface area contributed by atoms with Crippen molar-refractivity contribution in [3.05, 3.63) is 62.7 Å². The molecule has 0 saturated heterocycles. The Labute approximate surface area is 135 Å². The minimum Gasteiger partial charge on any atom is -0.326 e. The van der Waals surface area contributed by atoms with Crippen molar-refractivity contribution in [3.63, 3.8) is 0 Å².